The molecule has 0 saturated carbocycles. The Morgan fingerprint density at radius 3 is 2.52 bits per heavy atom. The van der Waals surface area contributed by atoms with Gasteiger partial charge in [0.25, 0.3) is 0 Å². The molecule has 0 fully saturated rings. The van der Waals surface area contributed by atoms with Gasteiger partial charge in [-0.05, 0) is 52.3 Å². The molecule has 1 aromatic carbocycles. The van der Waals surface area contributed by atoms with E-state index in [1.54, 1.807) is 0 Å². The number of nitrogens with one attached hydrogen (secondary N) is 1. The third-order valence-electron chi connectivity index (χ3n) is 3.04. The van der Waals surface area contributed by atoms with E-state index in [1.165, 1.54) is 5.56 Å². The van der Waals surface area contributed by atoms with E-state index in [2.05, 4.69) is 5.32 Å². The lowest BCUT2D eigenvalue weighted by molar-refractivity contribution is 0.0755. The van der Waals surface area contributed by atoms with Crippen molar-refractivity contribution in [3.63, 3.8) is 0 Å². The van der Waals surface area contributed by atoms with Gasteiger partial charge in [-0.2, -0.15) is 0 Å². The molecule has 1 unspecified atom stereocenters. The van der Waals surface area contributed by atoms with Crippen molar-refractivity contribution in [3.8, 4) is 5.75 Å². The number of unbranched alkanes of at least 4 members (excludes halogenated alkanes) is 1. The van der Waals surface area contributed by atoms with Crippen molar-refractivity contribution in [3.05, 3.63) is 29.8 Å². The van der Waals surface area contributed by atoms with Crippen molar-refractivity contribution in [2.75, 3.05) is 26.3 Å². The van der Waals surface area contributed by atoms with E-state index in [-0.39, 0.29) is 0 Å². The fourth-order valence-corrected chi connectivity index (χ4v) is 1.83. The lowest BCUT2D eigenvalue weighted by Gasteiger charge is -2.13. The number of hydrogen-bond donors (Lipinski definition) is 2. The van der Waals surface area contributed by atoms with Crippen molar-refractivity contribution in [1.82, 2.24) is 5.32 Å². The number of ether oxygens (including phenoxy) is 2. The maximum absolute atomic E-state index is 9.83. The standard InChI is InChI=1S/C17H29NO3/c1-14(2)20-11-5-4-10-18-12-16(19)13-21-17-8-6-15(3)7-9-17/h6-9,14,16,18-19H,4-5,10-13H2,1-3H3. The molecule has 120 valence electrons. The number of rotatable bonds is 11. The van der Waals surface area contributed by atoms with Gasteiger partial charge in [0, 0.05) is 13.2 Å². The summed E-state index contributed by atoms with van der Waals surface area (Å²) in [5.41, 5.74) is 1.20. The fourth-order valence-electron chi connectivity index (χ4n) is 1.83. The Balaban J connectivity index is 1.98. The molecule has 0 heterocycles. The predicted molar refractivity (Wildman–Crippen MR) is 85.9 cm³/mol. The van der Waals surface area contributed by atoms with Gasteiger partial charge < -0.3 is 19.9 Å². The molecule has 0 aliphatic carbocycles. The van der Waals surface area contributed by atoms with Crippen molar-refractivity contribution >= 4 is 0 Å². The van der Waals surface area contributed by atoms with Crippen LogP contribution in [0.5, 0.6) is 5.75 Å². The maximum atomic E-state index is 9.83. The average molecular weight is 295 g/mol. The first kappa shape index (κ1) is 18.0. The zero-order valence-corrected chi connectivity index (χ0v) is 13.5. The van der Waals surface area contributed by atoms with Crippen LogP contribution in [0.2, 0.25) is 0 Å². The number of aliphatic hydroxyl groups is 1. The van der Waals surface area contributed by atoms with Crippen LogP contribution in [0, 0.1) is 6.92 Å². The van der Waals surface area contributed by atoms with E-state index in [0.717, 1.165) is 31.7 Å². The third kappa shape index (κ3) is 9.45. The molecule has 1 rings (SSSR count). The van der Waals surface area contributed by atoms with Gasteiger partial charge in [-0.25, -0.2) is 0 Å². The summed E-state index contributed by atoms with van der Waals surface area (Å²) < 4.78 is 11.0. The molecule has 0 aromatic heterocycles. The highest BCUT2D eigenvalue weighted by Crippen LogP contribution is 2.11. The summed E-state index contributed by atoms with van der Waals surface area (Å²) in [6.45, 7) is 8.69. The molecular formula is C17H29NO3. The van der Waals surface area contributed by atoms with Crippen LogP contribution in [0.25, 0.3) is 0 Å². The van der Waals surface area contributed by atoms with Crippen molar-refractivity contribution in [2.24, 2.45) is 0 Å². The lowest BCUT2D eigenvalue weighted by Crippen LogP contribution is -2.32. The molecule has 0 aliphatic rings. The first-order valence-electron chi connectivity index (χ1n) is 7.78. The Kier molecular flexibility index (Phi) is 9.06. The molecule has 0 radical (unpaired) electrons. The Morgan fingerprint density at radius 2 is 1.86 bits per heavy atom. The van der Waals surface area contributed by atoms with E-state index in [0.29, 0.717) is 19.3 Å². The highest BCUT2D eigenvalue weighted by molar-refractivity contribution is 5.26. The van der Waals surface area contributed by atoms with Crippen molar-refractivity contribution in [1.29, 1.82) is 0 Å². The molecule has 0 saturated heterocycles. The van der Waals surface area contributed by atoms with Crippen LogP contribution in [0.3, 0.4) is 0 Å². The van der Waals surface area contributed by atoms with Gasteiger partial charge in [-0.3, -0.25) is 0 Å². The Morgan fingerprint density at radius 1 is 1.14 bits per heavy atom. The monoisotopic (exact) mass is 295 g/mol. The van der Waals surface area contributed by atoms with Gasteiger partial charge in [0.2, 0.25) is 0 Å². The second-order valence-electron chi connectivity index (χ2n) is 5.61. The van der Waals surface area contributed by atoms with Gasteiger partial charge in [0.1, 0.15) is 18.5 Å². The quantitative estimate of drug-likeness (QED) is 0.616. The Hall–Kier alpha value is -1.10. The summed E-state index contributed by atoms with van der Waals surface area (Å²) >= 11 is 0. The summed E-state index contributed by atoms with van der Waals surface area (Å²) in [6, 6.07) is 7.84. The Labute approximate surface area is 128 Å². The first-order chi connectivity index (χ1) is 10.1. The van der Waals surface area contributed by atoms with Crippen molar-refractivity contribution < 1.29 is 14.6 Å². The summed E-state index contributed by atoms with van der Waals surface area (Å²) in [5.74, 6) is 0.797. The minimum Gasteiger partial charge on any atom is -0.491 e. The molecule has 4 nitrogen and oxygen atoms in total. The fraction of sp³-hybridized carbons (Fsp3) is 0.647. The van der Waals surface area contributed by atoms with E-state index in [9.17, 15) is 5.11 Å². The molecule has 0 bridgehead atoms. The lowest BCUT2D eigenvalue weighted by atomic mass is 10.2. The van der Waals surface area contributed by atoms with E-state index in [1.807, 2.05) is 45.0 Å². The third-order valence-corrected chi connectivity index (χ3v) is 3.04. The molecule has 0 amide bonds. The maximum Gasteiger partial charge on any atom is 0.119 e. The van der Waals surface area contributed by atoms with Gasteiger partial charge in [-0.15, -0.1) is 0 Å². The SMILES string of the molecule is Cc1ccc(OCC(O)CNCCCCOC(C)C)cc1. The van der Waals surface area contributed by atoms with Crippen LogP contribution >= 0.6 is 0 Å². The first-order valence-corrected chi connectivity index (χ1v) is 7.78. The highest BCUT2D eigenvalue weighted by Gasteiger charge is 2.04. The predicted octanol–water partition coefficient (Wildman–Crippen LogP) is 2.53. The van der Waals surface area contributed by atoms with Crippen LogP contribution in [0.15, 0.2) is 24.3 Å². The molecule has 0 aliphatic heterocycles. The highest BCUT2D eigenvalue weighted by atomic mass is 16.5. The average Bonchev–Trinajstić information content (AvgIpc) is 2.45. The number of aryl methyl sites for hydroxylation is 1. The molecule has 1 atom stereocenters. The van der Waals surface area contributed by atoms with Crippen molar-refractivity contribution in [2.45, 2.75) is 45.8 Å². The normalized spacial score (nSPS) is 12.6. The zero-order chi connectivity index (χ0) is 15.5. The van der Waals surface area contributed by atoms with Crippen LogP contribution in [-0.2, 0) is 4.74 Å². The van der Waals surface area contributed by atoms with Crippen LogP contribution in [0.4, 0.5) is 0 Å². The summed E-state index contributed by atoms with van der Waals surface area (Å²) in [6.07, 6.45) is 1.91. The van der Waals surface area contributed by atoms with Gasteiger partial charge in [0.05, 0.1) is 6.10 Å². The molecule has 21 heavy (non-hydrogen) atoms. The minimum atomic E-state index is -0.488. The van der Waals surface area contributed by atoms with Gasteiger partial charge in [0.15, 0.2) is 0 Å². The molecular weight excluding hydrogens is 266 g/mol. The molecule has 1 aromatic rings. The van der Waals surface area contributed by atoms with E-state index < -0.39 is 6.10 Å². The van der Waals surface area contributed by atoms with Crippen LogP contribution in [0.1, 0.15) is 32.3 Å². The topological polar surface area (TPSA) is 50.7 Å². The Bertz CT molecular complexity index is 365. The zero-order valence-electron chi connectivity index (χ0n) is 13.5. The second-order valence-corrected chi connectivity index (χ2v) is 5.61. The second kappa shape index (κ2) is 10.6. The van der Waals surface area contributed by atoms with E-state index in [4.69, 9.17) is 9.47 Å². The summed E-state index contributed by atoms with van der Waals surface area (Å²) in [5, 5.41) is 13.1. The summed E-state index contributed by atoms with van der Waals surface area (Å²) in [4.78, 5) is 0. The summed E-state index contributed by atoms with van der Waals surface area (Å²) in [7, 11) is 0. The van der Waals surface area contributed by atoms with Gasteiger partial charge >= 0.3 is 0 Å². The van der Waals surface area contributed by atoms with Crippen LogP contribution < -0.4 is 10.1 Å². The number of aliphatic hydroxyl groups excluding tert-OH is 1. The molecule has 0 spiro atoms. The number of benzene rings is 1. The van der Waals surface area contributed by atoms with E-state index >= 15 is 0 Å². The van der Waals surface area contributed by atoms with Gasteiger partial charge in [-0.1, -0.05) is 17.7 Å². The number of hydrogen-bond acceptors (Lipinski definition) is 4. The van der Waals surface area contributed by atoms with Crippen LogP contribution in [-0.4, -0.2) is 43.6 Å². The smallest absolute Gasteiger partial charge is 0.119 e. The largest absolute Gasteiger partial charge is 0.491 e. The molecule has 4 heteroatoms. The minimum absolute atomic E-state index is 0.304. The molecule has 2 N–H and O–H groups in total.